The topological polar surface area (TPSA) is 21.3 Å². The maximum atomic E-state index is 12.0. The Morgan fingerprint density at radius 2 is 2.05 bits per heavy atom. The summed E-state index contributed by atoms with van der Waals surface area (Å²) < 4.78 is 28.3. The Bertz CT molecular complexity index is 386. The number of thioether (sulfide) groups is 1. The molecule has 1 aliphatic carbocycles. The number of rotatable bonds is 6. The van der Waals surface area contributed by atoms with Gasteiger partial charge >= 0.3 is 6.61 Å². The van der Waals surface area contributed by atoms with Crippen molar-refractivity contribution in [3.63, 3.8) is 0 Å². The zero-order chi connectivity index (χ0) is 13.7. The van der Waals surface area contributed by atoms with E-state index in [-0.39, 0.29) is 5.75 Å². The van der Waals surface area contributed by atoms with Crippen molar-refractivity contribution < 1.29 is 13.5 Å². The van der Waals surface area contributed by atoms with E-state index in [9.17, 15) is 8.78 Å². The average Bonchev–Trinajstić information content (AvgIpc) is 2.85. The second-order valence-corrected chi connectivity index (χ2v) is 5.91. The van der Waals surface area contributed by atoms with E-state index in [2.05, 4.69) is 16.3 Å². The highest BCUT2D eigenvalue weighted by Gasteiger charge is 2.23. The highest BCUT2D eigenvalue weighted by atomic mass is 32.2. The second kappa shape index (κ2) is 7.10. The quantitative estimate of drug-likeness (QED) is 0.862. The predicted molar refractivity (Wildman–Crippen MR) is 74.9 cm³/mol. The van der Waals surface area contributed by atoms with Gasteiger partial charge in [-0.3, -0.25) is 0 Å². The predicted octanol–water partition coefficient (Wildman–Crippen LogP) is 3.66. The van der Waals surface area contributed by atoms with Gasteiger partial charge in [0.2, 0.25) is 0 Å². The monoisotopic (exact) mass is 287 g/mol. The lowest BCUT2D eigenvalue weighted by Crippen LogP contribution is -2.26. The molecule has 1 N–H and O–H groups in total. The minimum Gasteiger partial charge on any atom is -0.435 e. The molecule has 0 aromatic heterocycles. The molecular weight excluding hydrogens is 268 g/mol. The van der Waals surface area contributed by atoms with Crippen LogP contribution in [0.2, 0.25) is 0 Å². The number of hydrogen-bond acceptors (Lipinski definition) is 3. The summed E-state index contributed by atoms with van der Waals surface area (Å²) in [5.74, 6) is 0.210. The molecule has 5 heteroatoms. The normalized spacial score (nSPS) is 22.9. The summed E-state index contributed by atoms with van der Waals surface area (Å²) in [6.45, 7) is -1.98. The van der Waals surface area contributed by atoms with Crippen LogP contribution in [0.5, 0.6) is 5.75 Å². The molecule has 1 fully saturated rings. The van der Waals surface area contributed by atoms with Crippen LogP contribution in [-0.2, 0) is 6.54 Å². The zero-order valence-corrected chi connectivity index (χ0v) is 11.8. The van der Waals surface area contributed by atoms with Crippen molar-refractivity contribution in [3.05, 3.63) is 29.8 Å². The Morgan fingerprint density at radius 3 is 2.63 bits per heavy atom. The fraction of sp³-hybridized carbons (Fsp3) is 0.571. The van der Waals surface area contributed by atoms with Gasteiger partial charge in [0, 0.05) is 17.8 Å². The van der Waals surface area contributed by atoms with E-state index in [1.54, 1.807) is 12.1 Å². The van der Waals surface area contributed by atoms with Gasteiger partial charge in [0.05, 0.1) is 0 Å². The van der Waals surface area contributed by atoms with Crippen molar-refractivity contribution in [2.24, 2.45) is 0 Å². The van der Waals surface area contributed by atoms with Crippen molar-refractivity contribution in [3.8, 4) is 5.75 Å². The van der Waals surface area contributed by atoms with Gasteiger partial charge in [0.1, 0.15) is 5.75 Å². The van der Waals surface area contributed by atoms with E-state index in [0.29, 0.717) is 6.04 Å². The highest BCUT2D eigenvalue weighted by Crippen LogP contribution is 2.28. The Morgan fingerprint density at radius 1 is 1.32 bits per heavy atom. The van der Waals surface area contributed by atoms with Crippen LogP contribution in [-0.4, -0.2) is 24.2 Å². The van der Waals surface area contributed by atoms with Crippen LogP contribution in [0.25, 0.3) is 0 Å². The van der Waals surface area contributed by atoms with Crippen LogP contribution >= 0.6 is 11.8 Å². The lowest BCUT2D eigenvalue weighted by Gasteiger charge is -2.13. The van der Waals surface area contributed by atoms with Crippen molar-refractivity contribution in [1.29, 1.82) is 0 Å². The summed E-state index contributed by atoms with van der Waals surface area (Å²) in [5, 5.41) is 4.30. The molecule has 0 heterocycles. The SMILES string of the molecule is CSC1CCC(NCc2ccc(OC(F)F)cc2)C1. The van der Waals surface area contributed by atoms with Gasteiger partial charge in [-0.2, -0.15) is 20.5 Å². The van der Waals surface area contributed by atoms with Crippen molar-refractivity contribution in [1.82, 2.24) is 5.32 Å². The molecule has 2 rings (SSSR count). The first kappa shape index (κ1) is 14.6. The molecule has 19 heavy (non-hydrogen) atoms. The second-order valence-electron chi connectivity index (χ2n) is 4.77. The molecule has 0 saturated heterocycles. The summed E-state index contributed by atoms with van der Waals surface area (Å²) in [6.07, 6.45) is 5.88. The number of halogens is 2. The van der Waals surface area contributed by atoms with Gasteiger partial charge < -0.3 is 10.1 Å². The fourth-order valence-electron chi connectivity index (χ4n) is 2.39. The van der Waals surface area contributed by atoms with Gasteiger partial charge in [0.25, 0.3) is 0 Å². The van der Waals surface area contributed by atoms with Crippen LogP contribution in [0.1, 0.15) is 24.8 Å². The van der Waals surface area contributed by atoms with Crippen LogP contribution in [0.4, 0.5) is 8.78 Å². The third kappa shape index (κ3) is 4.66. The molecule has 2 unspecified atom stereocenters. The van der Waals surface area contributed by atoms with E-state index in [1.165, 1.54) is 19.3 Å². The summed E-state index contributed by atoms with van der Waals surface area (Å²) in [4.78, 5) is 0. The maximum Gasteiger partial charge on any atom is 0.387 e. The van der Waals surface area contributed by atoms with E-state index < -0.39 is 6.61 Å². The van der Waals surface area contributed by atoms with Crippen LogP contribution in [0.15, 0.2) is 24.3 Å². The van der Waals surface area contributed by atoms with Crippen molar-refractivity contribution >= 4 is 11.8 Å². The van der Waals surface area contributed by atoms with Crippen molar-refractivity contribution in [2.45, 2.75) is 43.7 Å². The molecule has 1 aromatic carbocycles. The Kier molecular flexibility index (Phi) is 5.45. The Balaban J connectivity index is 1.77. The molecule has 0 spiro atoms. The van der Waals surface area contributed by atoms with E-state index >= 15 is 0 Å². The summed E-state index contributed by atoms with van der Waals surface area (Å²) in [7, 11) is 0. The molecule has 1 saturated carbocycles. The van der Waals surface area contributed by atoms with Crippen LogP contribution in [0, 0.1) is 0 Å². The summed E-state index contributed by atoms with van der Waals surface area (Å²) in [6, 6.07) is 7.40. The van der Waals surface area contributed by atoms with Crippen molar-refractivity contribution in [2.75, 3.05) is 6.26 Å². The summed E-state index contributed by atoms with van der Waals surface area (Å²) >= 11 is 1.94. The number of nitrogens with one attached hydrogen (secondary N) is 1. The minimum atomic E-state index is -2.76. The number of ether oxygens (including phenoxy) is 1. The minimum absolute atomic E-state index is 0.210. The fourth-order valence-corrected chi connectivity index (χ4v) is 3.19. The zero-order valence-electron chi connectivity index (χ0n) is 10.9. The molecule has 0 radical (unpaired) electrons. The number of alkyl halides is 2. The smallest absolute Gasteiger partial charge is 0.387 e. The van der Waals surface area contributed by atoms with Gasteiger partial charge in [0.15, 0.2) is 0 Å². The average molecular weight is 287 g/mol. The molecule has 2 nitrogen and oxygen atoms in total. The molecule has 0 amide bonds. The molecule has 2 atom stereocenters. The first-order valence-corrected chi connectivity index (χ1v) is 7.76. The lowest BCUT2D eigenvalue weighted by atomic mass is 10.2. The number of benzene rings is 1. The van der Waals surface area contributed by atoms with Crippen LogP contribution < -0.4 is 10.1 Å². The molecular formula is C14H19F2NOS. The first-order chi connectivity index (χ1) is 9.17. The van der Waals surface area contributed by atoms with E-state index in [1.807, 2.05) is 23.9 Å². The molecule has 1 aromatic rings. The third-order valence-electron chi connectivity index (χ3n) is 3.46. The maximum absolute atomic E-state index is 12.0. The molecule has 0 aliphatic heterocycles. The Labute approximate surface area is 116 Å². The molecule has 1 aliphatic rings. The van der Waals surface area contributed by atoms with Gasteiger partial charge in [-0.05, 0) is 43.2 Å². The van der Waals surface area contributed by atoms with Gasteiger partial charge in [-0.15, -0.1) is 0 Å². The third-order valence-corrected chi connectivity index (χ3v) is 4.56. The lowest BCUT2D eigenvalue weighted by molar-refractivity contribution is -0.0498. The summed E-state index contributed by atoms with van der Waals surface area (Å²) in [5.41, 5.74) is 1.09. The van der Waals surface area contributed by atoms with Gasteiger partial charge in [-0.25, -0.2) is 0 Å². The van der Waals surface area contributed by atoms with Crippen LogP contribution in [0.3, 0.4) is 0 Å². The molecule has 106 valence electrons. The largest absolute Gasteiger partial charge is 0.435 e. The standard InChI is InChI=1S/C14H19F2NOS/c1-19-13-7-4-11(8-13)17-9-10-2-5-12(6-3-10)18-14(15)16/h2-3,5-6,11,13-14,17H,4,7-9H2,1H3. The highest BCUT2D eigenvalue weighted by molar-refractivity contribution is 7.99. The Hall–Kier alpha value is -0.810. The first-order valence-electron chi connectivity index (χ1n) is 6.47. The van der Waals surface area contributed by atoms with E-state index in [4.69, 9.17) is 0 Å². The number of hydrogen-bond donors (Lipinski definition) is 1. The van der Waals surface area contributed by atoms with E-state index in [0.717, 1.165) is 17.4 Å². The molecule has 0 bridgehead atoms. The van der Waals surface area contributed by atoms with Gasteiger partial charge in [-0.1, -0.05) is 12.1 Å².